The lowest BCUT2D eigenvalue weighted by Crippen LogP contribution is -2.17. The van der Waals surface area contributed by atoms with E-state index in [2.05, 4.69) is 28.1 Å². The minimum absolute atomic E-state index is 0.621. The van der Waals surface area contributed by atoms with Crippen molar-refractivity contribution in [1.29, 1.82) is 5.26 Å². The standard InChI is InChI=1S/C14H13N3/c15-9-11-7-12-8-13(17-5-1-2-6-17)3-4-14(12)16-10-11/h3-4,7-8,10H,1-2,5-6H2. The molecule has 0 spiro atoms. The summed E-state index contributed by atoms with van der Waals surface area (Å²) < 4.78 is 0. The van der Waals surface area contributed by atoms with Crippen LogP contribution in [0.25, 0.3) is 10.9 Å². The van der Waals surface area contributed by atoms with Crippen LogP contribution in [0.1, 0.15) is 18.4 Å². The molecule has 0 atom stereocenters. The van der Waals surface area contributed by atoms with Crippen LogP contribution in [0.5, 0.6) is 0 Å². The van der Waals surface area contributed by atoms with E-state index in [0.717, 1.165) is 24.0 Å². The lowest BCUT2D eigenvalue weighted by Gasteiger charge is -2.17. The van der Waals surface area contributed by atoms with Gasteiger partial charge in [0.15, 0.2) is 0 Å². The maximum absolute atomic E-state index is 8.88. The molecule has 1 aliphatic rings. The van der Waals surface area contributed by atoms with Gasteiger partial charge in [0, 0.05) is 30.4 Å². The van der Waals surface area contributed by atoms with Crippen molar-refractivity contribution in [3.63, 3.8) is 0 Å². The molecule has 0 amide bonds. The molecule has 3 heteroatoms. The SMILES string of the molecule is N#Cc1cnc2ccc(N3CCCC3)cc2c1. The Morgan fingerprint density at radius 2 is 2.00 bits per heavy atom. The Kier molecular flexibility index (Phi) is 2.41. The molecule has 0 bridgehead atoms. The maximum Gasteiger partial charge on any atom is 0.101 e. The number of nitrogens with zero attached hydrogens (tertiary/aromatic N) is 3. The summed E-state index contributed by atoms with van der Waals surface area (Å²) in [5, 5.41) is 9.93. The third-order valence-corrected chi connectivity index (χ3v) is 3.27. The molecule has 1 saturated heterocycles. The molecule has 1 aliphatic heterocycles. The number of benzene rings is 1. The predicted molar refractivity (Wildman–Crippen MR) is 67.9 cm³/mol. The first-order chi connectivity index (χ1) is 8.36. The largest absolute Gasteiger partial charge is 0.372 e. The normalized spacial score (nSPS) is 15.1. The zero-order valence-corrected chi connectivity index (χ0v) is 9.56. The van der Waals surface area contributed by atoms with Crippen LogP contribution in [0.15, 0.2) is 30.5 Å². The van der Waals surface area contributed by atoms with Crippen molar-refractivity contribution < 1.29 is 0 Å². The Balaban J connectivity index is 2.07. The molecule has 84 valence electrons. The molecular formula is C14H13N3. The van der Waals surface area contributed by atoms with Gasteiger partial charge in [-0.1, -0.05) is 0 Å². The summed E-state index contributed by atoms with van der Waals surface area (Å²) in [7, 11) is 0. The van der Waals surface area contributed by atoms with E-state index >= 15 is 0 Å². The van der Waals surface area contributed by atoms with Gasteiger partial charge >= 0.3 is 0 Å². The molecule has 0 N–H and O–H groups in total. The fourth-order valence-electron chi connectivity index (χ4n) is 2.35. The summed E-state index contributed by atoms with van der Waals surface area (Å²) >= 11 is 0. The van der Waals surface area contributed by atoms with Gasteiger partial charge in [0.05, 0.1) is 11.1 Å². The number of aromatic nitrogens is 1. The second-order valence-electron chi connectivity index (χ2n) is 4.41. The summed E-state index contributed by atoms with van der Waals surface area (Å²) in [4.78, 5) is 6.67. The van der Waals surface area contributed by atoms with E-state index in [-0.39, 0.29) is 0 Å². The lowest BCUT2D eigenvalue weighted by molar-refractivity contribution is 0.949. The van der Waals surface area contributed by atoms with Crippen molar-refractivity contribution in [3.05, 3.63) is 36.0 Å². The molecule has 0 aliphatic carbocycles. The molecule has 1 aromatic carbocycles. The summed E-state index contributed by atoms with van der Waals surface area (Å²) in [5.41, 5.74) is 2.81. The highest BCUT2D eigenvalue weighted by Gasteiger charge is 2.12. The van der Waals surface area contributed by atoms with Crippen LogP contribution >= 0.6 is 0 Å². The van der Waals surface area contributed by atoms with Gasteiger partial charge in [0.2, 0.25) is 0 Å². The van der Waals surface area contributed by atoms with Crippen LogP contribution in [0.3, 0.4) is 0 Å². The number of anilines is 1. The summed E-state index contributed by atoms with van der Waals surface area (Å²) in [6.45, 7) is 2.27. The Labute approximate surface area is 100 Å². The minimum Gasteiger partial charge on any atom is -0.372 e. The predicted octanol–water partition coefficient (Wildman–Crippen LogP) is 2.71. The number of hydrogen-bond donors (Lipinski definition) is 0. The monoisotopic (exact) mass is 223 g/mol. The topological polar surface area (TPSA) is 39.9 Å². The Morgan fingerprint density at radius 3 is 2.76 bits per heavy atom. The first kappa shape index (κ1) is 10.1. The van der Waals surface area contributed by atoms with E-state index in [0.29, 0.717) is 5.56 Å². The first-order valence-corrected chi connectivity index (χ1v) is 5.92. The van der Waals surface area contributed by atoms with Crippen molar-refractivity contribution in [2.24, 2.45) is 0 Å². The Hall–Kier alpha value is -2.08. The molecule has 3 nitrogen and oxygen atoms in total. The third kappa shape index (κ3) is 1.83. The maximum atomic E-state index is 8.88. The van der Waals surface area contributed by atoms with Crippen molar-refractivity contribution in [2.75, 3.05) is 18.0 Å². The van der Waals surface area contributed by atoms with Crippen molar-refractivity contribution in [3.8, 4) is 6.07 Å². The Bertz CT molecular complexity index is 592. The fraction of sp³-hybridized carbons (Fsp3) is 0.286. The molecule has 2 aromatic rings. The van der Waals surface area contributed by atoms with Crippen LogP contribution in [0.4, 0.5) is 5.69 Å². The summed E-state index contributed by atoms with van der Waals surface area (Å²) in [5.74, 6) is 0. The second-order valence-corrected chi connectivity index (χ2v) is 4.41. The molecule has 0 radical (unpaired) electrons. The number of hydrogen-bond acceptors (Lipinski definition) is 3. The molecule has 1 fully saturated rings. The Morgan fingerprint density at radius 1 is 1.18 bits per heavy atom. The van der Waals surface area contributed by atoms with Gasteiger partial charge in [-0.15, -0.1) is 0 Å². The zero-order valence-electron chi connectivity index (χ0n) is 9.56. The molecule has 3 rings (SSSR count). The van der Waals surface area contributed by atoms with Gasteiger partial charge in [-0.3, -0.25) is 4.98 Å². The van der Waals surface area contributed by atoms with Crippen molar-refractivity contribution >= 4 is 16.6 Å². The third-order valence-electron chi connectivity index (χ3n) is 3.27. The average Bonchev–Trinajstić information content (AvgIpc) is 2.91. The lowest BCUT2D eigenvalue weighted by atomic mass is 10.1. The van der Waals surface area contributed by atoms with Gasteiger partial charge in [-0.25, -0.2) is 0 Å². The van der Waals surface area contributed by atoms with Gasteiger partial charge in [0.25, 0.3) is 0 Å². The van der Waals surface area contributed by atoms with Gasteiger partial charge in [0.1, 0.15) is 6.07 Å². The van der Waals surface area contributed by atoms with E-state index in [1.54, 1.807) is 6.20 Å². The molecule has 2 heterocycles. The molecule has 0 unspecified atom stereocenters. The first-order valence-electron chi connectivity index (χ1n) is 5.92. The zero-order chi connectivity index (χ0) is 11.7. The van der Waals surface area contributed by atoms with E-state index in [1.165, 1.54) is 18.5 Å². The van der Waals surface area contributed by atoms with E-state index in [9.17, 15) is 0 Å². The summed E-state index contributed by atoms with van der Waals surface area (Å²) in [6, 6.07) is 10.3. The van der Waals surface area contributed by atoms with Crippen LogP contribution in [0, 0.1) is 11.3 Å². The highest BCUT2D eigenvalue weighted by molar-refractivity contribution is 5.83. The van der Waals surface area contributed by atoms with Gasteiger partial charge in [-0.05, 0) is 37.1 Å². The van der Waals surface area contributed by atoms with Crippen LogP contribution in [0.2, 0.25) is 0 Å². The second kappa shape index (κ2) is 4.06. The van der Waals surface area contributed by atoms with E-state index < -0.39 is 0 Å². The number of nitriles is 1. The van der Waals surface area contributed by atoms with E-state index in [1.807, 2.05) is 12.1 Å². The van der Waals surface area contributed by atoms with E-state index in [4.69, 9.17) is 5.26 Å². The van der Waals surface area contributed by atoms with Crippen LogP contribution in [-0.2, 0) is 0 Å². The van der Waals surface area contributed by atoms with Gasteiger partial charge in [-0.2, -0.15) is 5.26 Å². The molecule has 1 aromatic heterocycles. The molecule has 0 saturated carbocycles. The van der Waals surface area contributed by atoms with Crippen molar-refractivity contribution in [2.45, 2.75) is 12.8 Å². The van der Waals surface area contributed by atoms with Crippen LogP contribution < -0.4 is 4.90 Å². The average molecular weight is 223 g/mol. The van der Waals surface area contributed by atoms with Gasteiger partial charge < -0.3 is 4.90 Å². The number of rotatable bonds is 1. The molecular weight excluding hydrogens is 210 g/mol. The van der Waals surface area contributed by atoms with Crippen molar-refractivity contribution in [1.82, 2.24) is 4.98 Å². The molecule has 17 heavy (non-hydrogen) atoms. The smallest absolute Gasteiger partial charge is 0.101 e. The minimum atomic E-state index is 0.621. The highest BCUT2D eigenvalue weighted by Crippen LogP contribution is 2.24. The number of fused-ring (bicyclic) bond motifs is 1. The number of pyridine rings is 1. The summed E-state index contributed by atoms with van der Waals surface area (Å²) in [6.07, 6.45) is 4.17. The van der Waals surface area contributed by atoms with Crippen LogP contribution in [-0.4, -0.2) is 18.1 Å². The highest BCUT2D eigenvalue weighted by atomic mass is 15.1. The quantitative estimate of drug-likeness (QED) is 0.746. The fourth-order valence-corrected chi connectivity index (χ4v) is 2.35.